The quantitative estimate of drug-likeness (QED) is 0.0390. The third kappa shape index (κ3) is 16.6. The van der Waals surface area contributed by atoms with Crippen LogP contribution < -0.4 is 24.4 Å². The number of nitrogens with zero attached hydrogens (tertiary/aromatic N) is 2. The van der Waals surface area contributed by atoms with Crippen LogP contribution in [-0.2, 0) is 52.7 Å². The number of hydrogen-bond acceptors (Lipinski definition) is 15. The van der Waals surface area contributed by atoms with Crippen molar-refractivity contribution in [3.8, 4) is 17.2 Å². The third-order valence-corrected chi connectivity index (χ3v) is 20.8. The van der Waals surface area contributed by atoms with E-state index < -0.39 is 47.4 Å². The molecule has 2 aromatic heterocycles. The number of quaternary nitrogens is 2. The smallest absolute Gasteiger partial charge is 0.430 e. The standard InChI is InChI=1S/C31H42NO4S.C28H38NO5S.2C2HF3O2/c33-30(31(34,26-9-3-4-10-26)29-11-5-20-37-29)36-28-22-32(17-14-24(28)15-18-32)16-6-19-35-27-13-12-23-7-1-2-8-25(23)21-27;1-32-23-9-11-24(12-10-23)33-18-5-15-29-16-13-21(14-17-29)25(20-29)34-27(30)28(31,22-6-2-3-7-22)26-8-4-19-35-26;2*3-2(4,5)1(6)7/h5,11-13,20-21,24,26,28,34H,1-4,6-10,14-19,22H2;4,8-12,19,21-22,25,31H,2-3,5-7,13-18,20H2,1H3;2*(H,6,7)/q2*+1;;/p-2/t24?,28-,31+,32?;21?,25-,28+,29?;;/m00../s1. The molecule has 8 fully saturated rings. The second-order valence-electron chi connectivity index (χ2n) is 24.2. The number of aryl methyl sites for hydroxylation is 2. The Balaban J connectivity index is 0.000000183. The van der Waals surface area contributed by atoms with Crippen LogP contribution in [0.15, 0.2) is 77.5 Å². The molecule has 3 aliphatic carbocycles. The molecule has 0 unspecified atom stereocenters. The fourth-order valence-electron chi connectivity index (χ4n) is 14.1. The molecule has 4 aromatic rings. The lowest BCUT2D eigenvalue weighted by molar-refractivity contribution is -0.946. The van der Waals surface area contributed by atoms with E-state index >= 15 is 0 Å². The molecule has 6 aliphatic heterocycles. The third-order valence-electron chi connectivity index (χ3n) is 18.8. The molecular formula is C63H80F6N2O13S2. The van der Waals surface area contributed by atoms with Crippen LogP contribution in [0.2, 0.25) is 0 Å². The van der Waals surface area contributed by atoms with Gasteiger partial charge in [-0.15, -0.1) is 22.7 Å². The van der Waals surface area contributed by atoms with Crippen molar-refractivity contribution in [3.63, 3.8) is 0 Å². The number of piperidine rings is 6. The molecule has 474 valence electrons. The minimum absolute atomic E-state index is 0.0383. The zero-order valence-electron chi connectivity index (χ0n) is 48.6. The van der Waals surface area contributed by atoms with Crippen molar-refractivity contribution in [1.29, 1.82) is 0 Å². The van der Waals surface area contributed by atoms with Gasteiger partial charge in [-0.2, -0.15) is 26.3 Å². The average Bonchev–Trinajstić information content (AvgIpc) is 2.54. The van der Waals surface area contributed by atoms with Crippen molar-refractivity contribution in [3.05, 3.63) is 98.4 Å². The zero-order chi connectivity index (χ0) is 61.8. The number of rotatable bonds is 19. The number of carbonyl (C=O) groups is 4. The van der Waals surface area contributed by atoms with E-state index in [-0.39, 0.29) is 24.0 Å². The normalized spacial score (nSPS) is 25.7. The van der Waals surface area contributed by atoms with Gasteiger partial charge in [0.15, 0.2) is 23.4 Å². The van der Waals surface area contributed by atoms with Crippen molar-refractivity contribution in [2.45, 2.75) is 151 Å². The van der Waals surface area contributed by atoms with Gasteiger partial charge in [0.2, 0.25) is 0 Å². The molecule has 2 aromatic carbocycles. The Morgan fingerprint density at radius 3 is 1.31 bits per heavy atom. The van der Waals surface area contributed by atoms with Crippen LogP contribution in [0, 0.1) is 23.7 Å². The van der Waals surface area contributed by atoms with Gasteiger partial charge in [-0.3, -0.25) is 0 Å². The van der Waals surface area contributed by atoms with Crippen molar-refractivity contribution in [2.24, 2.45) is 23.7 Å². The summed E-state index contributed by atoms with van der Waals surface area (Å²) in [6, 6.07) is 22.0. The number of alkyl halides is 6. The molecule has 6 saturated heterocycles. The van der Waals surface area contributed by atoms with E-state index in [1.165, 1.54) is 59.5 Å². The lowest BCUT2D eigenvalue weighted by Crippen LogP contribution is -2.65. The minimum Gasteiger partial charge on any atom is -0.542 e. The molecule has 15 nitrogen and oxygen atoms in total. The van der Waals surface area contributed by atoms with Gasteiger partial charge < -0.3 is 62.7 Å². The molecule has 23 heteroatoms. The van der Waals surface area contributed by atoms with Crippen LogP contribution in [-0.4, -0.2) is 140 Å². The van der Waals surface area contributed by atoms with E-state index in [2.05, 4.69) is 18.2 Å². The number of fused-ring (bicyclic) bond motifs is 7. The molecule has 13 rings (SSSR count). The number of carbonyl (C=O) groups excluding carboxylic acids is 4. The number of esters is 2. The highest BCUT2D eigenvalue weighted by molar-refractivity contribution is 7.10. The summed E-state index contributed by atoms with van der Waals surface area (Å²) in [4.78, 5) is 46.2. The number of benzene rings is 2. The number of aliphatic carboxylic acids is 2. The summed E-state index contributed by atoms with van der Waals surface area (Å²) >= 11 is 2.93. The van der Waals surface area contributed by atoms with E-state index in [1.807, 2.05) is 59.3 Å². The van der Waals surface area contributed by atoms with E-state index in [0.29, 0.717) is 18.4 Å². The molecule has 0 amide bonds. The first-order valence-electron chi connectivity index (χ1n) is 30.2. The van der Waals surface area contributed by atoms with Crippen molar-refractivity contribution in [2.75, 3.05) is 72.7 Å². The Morgan fingerprint density at radius 2 is 0.930 bits per heavy atom. The van der Waals surface area contributed by atoms with Crippen LogP contribution in [0.1, 0.15) is 124 Å². The van der Waals surface area contributed by atoms with Crippen LogP contribution in [0.5, 0.6) is 17.2 Å². The first kappa shape index (κ1) is 66.5. The number of carboxylic acid groups (broad SMARTS) is 2. The summed E-state index contributed by atoms with van der Waals surface area (Å²) in [5.74, 6) is -3.42. The predicted octanol–water partition coefficient (Wildman–Crippen LogP) is 8.98. The first-order chi connectivity index (χ1) is 41.0. The molecule has 4 atom stereocenters. The minimum atomic E-state index is -5.19. The number of thiophene rings is 2. The summed E-state index contributed by atoms with van der Waals surface area (Å²) in [6.07, 6.45) is 8.53. The van der Waals surface area contributed by atoms with E-state index in [1.54, 1.807) is 7.11 Å². The van der Waals surface area contributed by atoms with E-state index in [0.717, 1.165) is 185 Å². The highest BCUT2D eigenvalue weighted by Crippen LogP contribution is 2.47. The van der Waals surface area contributed by atoms with E-state index in [9.17, 15) is 46.1 Å². The monoisotopic (exact) mass is 1250 g/mol. The van der Waals surface area contributed by atoms with Crippen molar-refractivity contribution >= 4 is 46.6 Å². The maximum absolute atomic E-state index is 13.6. The molecule has 9 aliphatic rings. The van der Waals surface area contributed by atoms with Gasteiger partial charge in [-0.05, 0) is 122 Å². The molecule has 2 N–H and O–H groups in total. The van der Waals surface area contributed by atoms with Crippen LogP contribution in [0.4, 0.5) is 26.3 Å². The highest BCUT2D eigenvalue weighted by Gasteiger charge is 2.55. The Hall–Kier alpha value is -5.46. The number of halogens is 6. The average molecular weight is 1250 g/mol. The van der Waals surface area contributed by atoms with Gasteiger partial charge >= 0.3 is 24.3 Å². The summed E-state index contributed by atoms with van der Waals surface area (Å²) in [5, 5.41) is 45.0. The number of ether oxygens (including phenoxy) is 5. The number of methoxy groups -OCH3 is 1. The Kier molecular flexibility index (Phi) is 22.6. The summed E-state index contributed by atoms with van der Waals surface area (Å²) in [7, 11) is 1.66. The zero-order valence-corrected chi connectivity index (χ0v) is 50.3. The van der Waals surface area contributed by atoms with E-state index in [4.69, 9.17) is 43.5 Å². The van der Waals surface area contributed by atoms with Gasteiger partial charge in [-0.25, -0.2) is 9.59 Å². The molecule has 2 saturated carbocycles. The molecule has 4 bridgehead atoms. The predicted molar refractivity (Wildman–Crippen MR) is 303 cm³/mol. The second kappa shape index (κ2) is 29.2. The summed E-state index contributed by atoms with van der Waals surface area (Å²) in [5.41, 5.74) is -0.0427. The van der Waals surface area contributed by atoms with Gasteiger partial charge in [0, 0.05) is 72.0 Å². The topological polar surface area (TPSA) is 201 Å². The number of carboxylic acids is 2. The largest absolute Gasteiger partial charge is 0.542 e. The lowest BCUT2D eigenvalue weighted by atomic mass is 9.82. The van der Waals surface area contributed by atoms with Gasteiger partial charge in [0.25, 0.3) is 0 Å². The molecule has 86 heavy (non-hydrogen) atoms. The summed E-state index contributed by atoms with van der Waals surface area (Å²) < 4.78 is 94.9. The SMILES string of the molecule is COc1ccc(OCCC[N+]23CCC(CC2)[C@@H](OC(=O)[C@](O)(c2cccs2)C2CCCC2)C3)cc1.O=C(O[C@H]1C[N+]2(CCCOc3ccc4c(c3)CCCC4)CCC1CC2)[C@](O)(c1cccs1)C1CCCC1.O=C([O-])C(F)(F)F.O=C([O-])C(F)(F)F. The van der Waals surface area contributed by atoms with Crippen molar-refractivity contribution in [1.82, 2.24) is 0 Å². The van der Waals surface area contributed by atoms with Crippen LogP contribution >= 0.6 is 22.7 Å². The molecule has 0 radical (unpaired) electrons. The Bertz CT molecular complexity index is 2790. The Labute approximate surface area is 506 Å². The summed E-state index contributed by atoms with van der Waals surface area (Å²) in [6.45, 7) is 9.80. The van der Waals surface area contributed by atoms with Gasteiger partial charge in [-0.1, -0.05) is 43.9 Å². The highest BCUT2D eigenvalue weighted by atomic mass is 32.1. The maximum Gasteiger partial charge on any atom is 0.430 e. The fourth-order valence-corrected chi connectivity index (χ4v) is 15.8. The Morgan fingerprint density at radius 1 is 0.547 bits per heavy atom. The van der Waals surface area contributed by atoms with Crippen LogP contribution in [0.3, 0.4) is 0 Å². The van der Waals surface area contributed by atoms with Crippen molar-refractivity contribution < 1.29 is 98.6 Å². The molecular weight excluding hydrogens is 1170 g/mol. The second-order valence-corrected chi connectivity index (χ2v) is 26.1. The van der Waals surface area contributed by atoms with Gasteiger partial charge in [0.1, 0.15) is 42.3 Å². The van der Waals surface area contributed by atoms with Crippen LogP contribution in [0.25, 0.3) is 0 Å². The van der Waals surface area contributed by atoms with Gasteiger partial charge in [0.05, 0.1) is 59.6 Å². The first-order valence-corrected chi connectivity index (χ1v) is 32.0. The lowest BCUT2D eigenvalue weighted by Gasteiger charge is -2.52. The maximum atomic E-state index is 13.6. The fraction of sp³-hybridized carbons (Fsp3) is 0.619. The number of aliphatic hydroxyl groups is 2. The molecule has 0 spiro atoms. The number of hydrogen-bond donors (Lipinski definition) is 2. The molecule has 8 heterocycles.